The van der Waals surface area contributed by atoms with Crippen LogP contribution in [0, 0.1) is 13.8 Å². The van der Waals surface area contributed by atoms with Crippen molar-refractivity contribution in [3.8, 4) is 0 Å². The standard InChI is InChI=1S/C22H29N3O4S/c1-18-3-7-20(8-4-18)25(30(27,28)21-9-5-19(2)6-10-21)17-22(26)23-11-12-24-13-15-29-16-14-24/h3-10H,11-17H2,1-2H3,(H,23,26). The van der Waals surface area contributed by atoms with Gasteiger partial charge in [0.05, 0.1) is 23.8 Å². The monoisotopic (exact) mass is 431 g/mol. The maximum atomic E-state index is 13.3. The second-order valence-corrected chi connectivity index (χ2v) is 9.33. The molecule has 1 aliphatic heterocycles. The normalized spacial score (nSPS) is 15.0. The van der Waals surface area contributed by atoms with Crippen molar-refractivity contribution in [1.82, 2.24) is 10.2 Å². The van der Waals surface area contributed by atoms with Gasteiger partial charge in [0.2, 0.25) is 5.91 Å². The largest absolute Gasteiger partial charge is 0.379 e. The van der Waals surface area contributed by atoms with Crippen molar-refractivity contribution in [3.05, 3.63) is 59.7 Å². The number of morpholine rings is 1. The molecule has 1 amide bonds. The predicted octanol–water partition coefficient (Wildman–Crippen LogP) is 1.95. The number of anilines is 1. The number of nitrogens with one attached hydrogen (secondary N) is 1. The zero-order chi connectivity index (χ0) is 21.6. The predicted molar refractivity (Wildman–Crippen MR) is 117 cm³/mol. The number of sulfonamides is 1. The van der Waals surface area contributed by atoms with E-state index in [9.17, 15) is 13.2 Å². The summed E-state index contributed by atoms with van der Waals surface area (Å²) in [5.74, 6) is -0.334. The molecule has 162 valence electrons. The van der Waals surface area contributed by atoms with E-state index in [-0.39, 0.29) is 17.3 Å². The molecule has 3 rings (SSSR count). The number of nitrogens with zero attached hydrogens (tertiary/aromatic N) is 2. The van der Waals surface area contributed by atoms with Gasteiger partial charge in [0.1, 0.15) is 6.54 Å². The molecule has 0 radical (unpaired) electrons. The van der Waals surface area contributed by atoms with Crippen molar-refractivity contribution >= 4 is 21.6 Å². The molecule has 1 N–H and O–H groups in total. The summed E-state index contributed by atoms with van der Waals surface area (Å²) >= 11 is 0. The molecule has 1 saturated heterocycles. The van der Waals surface area contributed by atoms with Crippen LogP contribution in [0.2, 0.25) is 0 Å². The maximum absolute atomic E-state index is 13.3. The lowest BCUT2D eigenvalue weighted by molar-refractivity contribution is -0.119. The summed E-state index contributed by atoms with van der Waals surface area (Å²) < 4.78 is 33.1. The third-order valence-electron chi connectivity index (χ3n) is 5.07. The number of ether oxygens (including phenoxy) is 1. The molecule has 2 aromatic rings. The molecule has 0 aliphatic carbocycles. The molecular formula is C22H29N3O4S. The summed E-state index contributed by atoms with van der Waals surface area (Å²) in [5, 5.41) is 2.85. The first kappa shape index (κ1) is 22.3. The quantitative estimate of drug-likeness (QED) is 0.691. The highest BCUT2D eigenvalue weighted by atomic mass is 32.2. The van der Waals surface area contributed by atoms with Crippen LogP contribution in [0.4, 0.5) is 5.69 Å². The Bertz CT molecular complexity index is 937. The first-order chi connectivity index (χ1) is 14.4. The van der Waals surface area contributed by atoms with Gasteiger partial charge in [0, 0.05) is 26.2 Å². The summed E-state index contributed by atoms with van der Waals surface area (Å²) in [7, 11) is -3.88. The first-order valence-electron chi connectivity index (χ1n) is 10.1. The Morgan fingerprint density at radius 1 is 1.00 bits per heavy atom. The van der Waals surface area contributed by atoms with E-state index in [0.717, 1.165) is 24.2 Å². The minimum absolute atomic E-state index is 0.162. The fourth-order valence-corrected chi connectivity index (χ4v) is 4.65. The topological polar surface area (TPSA) is 79.0 Å². The number of rotatable bonds is 8. The van der Waals surface area contributed by atoms with Gasteiger partial charge in [0.25, 0.3) is 10.0 Å². The van der Waals surface area contributed by atoms with Crippen LogP contribution in [0.15, 0.2) is 53.4 Å². The molecule has 0 aromatic heterocycles. The molecule has 1 fully saturated rings. The van der Waals surface area contributed by atoms with Crippen LogP contribution in [0.3, 0.4) is 0 Å². The molecule has 30 heavy (non-hydrogen) atoms. The highest BCUT2D eigenvalue weighted by molar-refractivity contribution is 7.92. The SMILES string of the molecule is Cc1ccc(N(CC(=O)NCCN2CCOCC2)S(=O)(=O)c2ccc(C)cc2)cc1. The molecule has 0 saturated carbocycles. The van der Waals surface area contributed by atoms with E-state index in [0.29, 0.717) is 32.0 Å². The maximum Gasteiger partial charge on any atom is 0.264 e. The lowest BCUT2D eigenvalue weighted by atomic mass is 10.2. The Labute approximate surface area is 178 Å². The third-order valence-corrected chi connectivity index (χ3v) is 6.86. The number of carbonyl (C=O) groups excluding carboxylic acids is 1. The zero-order valence-electron chi connectivity index (χ0n) is 17.5. The van der Waals surface area contributed by atoms with E-state index in [1.165, 1.54) is 4.31 Å². The van der Waals surface area contributed by atoms with Crippen molar-refractivity contribution in [3.63, 3.8) is 0 Å². The third kappa shape index (κ3) is 5.81. The zero-order valence-corrected chi connectivity index (χ0v) is 18.3. The van der Waals surface area contributed by atoms with Gasteiger partial charge in [0.15, 0.2) is 0 Å². The van der Waals surface area contributed by atoms with Crippen molar-refractivity contribution in [2.75, 3.05) is 50.2 Å². The Morgan fingerprint density at radius 3 is 2.17 bits per heavy atom. The molecule has 0 atom stereocenters. The molecule has 2 aromatic carbocycles. The van der Waals surface area contributed by atoms with Gasteiger partial charge < -0.3 is 10.1 Å². The van der Waals surface area contributed by atoms with Crippen molar-refractivity contribution in [2.24, 2.45) is 0 Å². The molecule has 1 aliphatic rings. The van der Waals surface area contributed by atoms with Crippen LogP contribution in [0.5, 0.6) is 0 Å². The first-order valence-corrected chi connectivity index (χ1v) is 11.5. The van der Waals surface area contributed by atoms with Gasteiger partial charge in [-0.2, -0.15) is 0 Å². The van der Waals surface area contributed by atoms with Gasteiger partial charge in [-0.3, -0.25) is 14.0 Å². The van der Waals surface area contributed by atoms with Gasteiger partial charge in [-0.15, -0.1) is 0 Å². The van der Waals surface area contributed by atoms with Crippen LogP contribution >= 0.6 is 0 Å². The second-order valence-electron chi connectivity index (χ2n) is 7.46. The minimum atomic E-state index is -3.88. The summed E-state index contributed by atoms with van der Waals surface area (Å²) in [6, 6.07) is 13.8. The van der Waals surface area contributed by atoms with Crippen LogP contribution in [0.1, 0.15) is 11.1 Å². The molecule has 1 heterocycles. The van der Waals surface area contributed by atoms with Crippen LogP contribution in [-0.4, -0.2) is 65.2 Å². The number of amides is 1. The number of aryl methyl sites for hydroxylation is 2. The highest BCUT2D eigenvalue weighted by Crippen LogP contribution is 2.24. The fraction of sp³-hybridized carbons (Fsp3) is 0.409. The highest BCUT2D eigenvalue weighted by Gasteiger charge is 2.27. The average Bonchev–Trinajstić information content (AvgIpc) is 2.74. The van der Waals surface area contributed by atoms with E-state index >= 15 is 0 Å². The van der Waals surface area contributed by atoms with E-state index in [1.54, 1.807) is 36.4 Å². The van der Waals surface area contributed by atoms with Gasteiger partial charge in [-0.1, -0.05) is 35.4 Å². The second kappa shape index (κ2) is 10.1. The molecular weight excluding hydrogens is 402 g/mol. The number of hydrogen-bond donors (Lipinski definition) is 1. The van der Waals surface area contributed by atoms with E-state index in [1.807, 2.05) is 26.0 Å². The molecule has 0 unspecified atom stereocenters. The number of benzene rings is 2. The number of carbonyl (C=O) groups is 1. The van der Waals surface area contributed by atoms with Gasteiger partial charge >= 0.3 is 0 Å². The Balaban J connectivity index is 1.73. The summed E-state index contributed by atoms with van der Waals surface area (Å²) in [4.78, 5) is 15.0. The van der Waals surface area contributed by atoms with Crippen molar-refractivity contribution in [2.45, 2.75) is 18.7 Å². The summed E-state index contributed by atoms with van der Waals surface area (Å²) in [6.07, 6.45) is 0. The van der Waals surface area contributed by atoms with Crippen LogP contribution < -0.4 is 9.62 Å². The summed E-state index contributed by atoms with van der Waals surface area (Å²) in [5.41, 5.74) is 2.45. The van der Waals surface area contributed by atoms with E-state index in [2.05, 4.69) is 10.2 Å². The number of hydrogen-bond acceptors (Lipinski definition) is 5. The molecule has 0 spiro atoms. The van der Waals surface area contributed by atoms with Gasteiger partial charge in [-0.25, -0.2) is 8.42 Å². The average molecular weight is 432 g/mol. The minimum Gasteiger partial charge on any atom is -0.379 e. The Kier molecular flexibility index (Phi) is 7.47. The molecule has 8 heteroatoms. The van der Waals surface area contributed by atoms with Crippen molar-refractivity contribution in [1.29, 1.82) is 0 Å². The smallest absolute Gasteiger partial charge is 0.264 e. The Hall–Kier alpha value is -2.42. The fourth-order valence-electron chi connectivity index (χ4n) is 3.23. The van der Waals surface area contributed by atoms with Crippen LogP contribution in [-0.2, 0) is 19.6 Å². The van der Waals surface area contributed by atoms with Crippen molar-refractivity contribution < 1.29 is 17.9 Å². The van der Waals surface area contributed by atoms with Gasteiger partial charge in [-0.05, 0) is 38.1 Å². The molecule has 7 nitrogen and oxygen atoms in total. The van der Waals surface area contributed by atoms with E-state index < -0.39 is 10.0 Å². The Morgan fingerprint density at radius 2 is 1.57 bits per heavy atom. The van der Waals surface area contributed by atoms with E-state index in [4.69, 9.17) is 4.74 Å². The lowest BCUT2D eigenvalue weighted by Gasteiger charge is -2.27. The molecule has 0 bridgehead atoms. The summed E-state index contributed by atoms with van der Waals surface area (Å²) in [6.45, 7) is 7.81. The lowest BCUT2D eigenvalue weighted by Crippen LogP contribution is -2.44. The van der Waals surface area contributed by atoms with Crippen LogP contribution in [0.25, 0.3) is 0 Å².